The second kappa shape index (κ2) is 6.20. The van der Waals surface area contributed by atoms with Gasteiger partial charge in [0, 0.05) is 25.2 Å². The first-order valence-electron chi connectivity index (χ1n) is 8.07. The summed E-state index contributed by atoms with van der Waals surface area (Å²) in [6.45, 7) is 1.72. The minimum absolute atomic E-state index is 0.425. The van der Waals surface area contributed by atoms with E-state index in [1.165, 1.54) is 9.71 Å². The molecule has 2 N–H and O–H groups in total. The third-order valence-corrected chi connectivity index (χ3v) is 5.71. The maximum atomic E-state index is 11.6. The van der Waals surface area contributed by atoms with E-state index in [-0.39, 0.29) is 0 Å². The van der Waals surface area contributed by atoms with E-state index in [9.17, 15) is 4.79 Å². The van der Waals surface area contributed by atoms with Crippen molar-refractivity contribution in [2.24, 2.45) is 5.73 Å². The van der Waals surface area contributed by atoms with Crippen LogP contribution in [-0.2, 0) is 0 Å². The quantitative estimate of drug-likeness (QED) is 0.796. The molecule has 1 aromatic carbocycles. The number of para-hydroxylation sites is 1. The summed E-state index contributed by atoms with van der Waals surface area (Å²) >= 11 is 1.79. The van der Waals surface area contributed by atoms with Gasteiger partial charge >= 0.3 is 0 Å². The van der Waals surface area contributed by atoms with Crippen LogP contribution >= 0.6 is 11.3 Å². The normalized spacial score (nSPS) is 15.8. The molecule has 0 radical (unpaired) electrons. The minimum atomic E-state index is -0.425. The second-order valence-corrected chi connectivity index (χ2v) is 7.08. The van der Waals surface area contributed by atoms with E-state index in [4.69, 9.17) is 10.7 Å². The van der Waals surface area contributed by atoms with Gasteiger partial charge in [-0.15, -0.1) is 11.3 Å². The zero-order valence-electron chi connectivity index (χ0n) is 13.2. The zero-order valence-corrected chi connectivity index (χ0v) is 14.0. The molecule has 4 rings (SSSR count). The molecule has 1 fully saturated rings. The van der Waals surface area contributed by atoms with Crippen LogP contribution in [0.3, 0.4) is 0 Å². The Morgan fingerprint density at radius 3 is 2.71 bits per heavy atom. The predicted octanol–water partition coefficient (Wildman–Crippen LogP) is 3.17. The highest BCUT2D eigenvalue weighted by molar-refractivity contribution is 7.18. The average molecular weight is 338 g/mol. The van der Waals surface area contributed by atoms with Crippen LogP contribution in [0.25, 0.3) is 10.2 Å². The standard InChI is InChI=1S/C18H18N4OS/c19-16(23)13-4-3-9-20-17(13)22-10-7-12(8-11-22)18-21-14-5-1-2-6-15(14)24-18/h1-6,9,12H,7-8,10-11H2,(H2,19,23). The molecule has 3 heterocycles. The van der Waals surface area contributed by atoms with Crippen molar-refractivity contribution in [2.75, 3.05) is 18.0 Å². The van der Waals surface area contributed by atoms with E-state index in [1.807, 2.05) is 6.07 Å². The van der Waals surface area contributed by atoms with Gasteiger partial charge in [-0.05, 0) is 37.1 Å². The highest BCUT2D eigenvalue weighted by Crippen LogP contribution is 2.35. The van der Waals surface area contributed by atoms with Crippen LogP contribution in [0.2, 0.25) is 0 Å². The number of aromatic nitrogens is 2. The Morgan fingerprint density at radius 1 is 1.17 bits per heavy atom. The molecule has 3 aromatic rings. The molecule has 1 aliphatic rings. The van der Waals surface area contributed by atoms with E-state index in [1.54, 1.807) is 29.7 Å². The summed E-state index contributed by atoms with van der Waals surface area (Å²) in [6.07, 6.45) is 3.73. The number of anilines is 1. The number of piperidine rings is 1. The fraction of sp³-hybridized carbons (Fsp3) is 0.278. The number of thiazole rings is 1. The number of nitrogens with zero attached hydrogens (tertiary/aromatic N) is 3. The van der Waals surface area contributed by atoms with Crippen molar-refractivity contribution >= 4 is 33.3 Å². The minimum Gasteiger partial charge on any atom is -0.365 e. The number of benzene rings is 1. The van der Waals surface area contributed by atoms with Crippen LogP contribution < -0.4 is 10.6 Å². The van der Waals surface area contributed by atoms with Crippen molar-refractivity contribution in [2.45, 2.75) is 18.8 Å². The molecule has 5 nitrogen and oxygen atoms in total. The molecule has 24 heavy (non-hydrogen) atoms. The van der Waals surface area contributed by atoms with Crippen molar-refractivity contribution in [1.82, 2.24) is 9.97 Å². The van der Waals surface area contributed by atoms with Crippen LogP contribution in [0.5, 0.6) is 0 Å². The van der Waals surface area contributed by atoms with Crippen LogP contribution in [-0.4, -0.2) is 29.0 Å². The molecule has 0 bridgehead atoms. The third kappa shape index (κ3) is 2.73. The molecule has 0 atom stereocenters. The van der Waals surface area contributed by atoms with Gasteiger partial charge in [0.1, 0.15) is 5.82 Å². The van der Waals surface area contributed by atoms with E-state index in [0.29, 0.717) is 17.3 Å². The van der Waals surface area contributed by atoms with E-state index in [0.717, 1.165) is 31.4 Å². The van der Waals surface area contributed by atoms with Gasteiger partial charge in [-0.2, -0.15) is 0 Å². The Balaban J connectivity index is 1.52. The van der Waals surface area contributed by atoms with E-state index < -0.39 is 5.91 Å². The number of hydrogen-bond donors (Lipinski definition) is 1. The lowest BCUT2D eigenvalue weighted by Gasteiger charge is -2.32. The zero-order chi connectivity index (χ0) is 16.5. The summed E-state index contributed by atoms with van der Waals surface area (Å²) < 4.78 is 1.25. The van der Waals surface area contributed by atoms with Crippen molar-refractivity contribution in [3.63, 3.8) is 0 Å². The Kier molecular flexibility index (Phi) is 3.90. The van der Waals surface area contributed by atoms with Gasteiger partial charge in [0.15, 0.2) is 0 Å². The van der Waals surface area contributed by atoms with Crippen LogP contribution in [0.4, 0.5) is 5.82 Å². The molecular weight excluding hydrogens is 320 g/mol. The summed E-state index contributed by atoms with van der Waals surface area (Å²) in [5.41, 5.74) is 7.05. The number of carbonyl (C=O) groups is 1. The lowest BCUT2D eigenvalue weighted by atomic mass is 9.97. The maximum absolute atomic E-state index is 11.6. The first kappa shape index (κ1) is 15.1. The number of hydrogen-bond acceptors (Lipinski definition) is 5. The highest BCUT2D eigenvalue weighted by atomic mass is 32.1. The summed E-state index contributed by atoms with van der Waals surface area (Å²) in [5, 5.41) is 1.21. The highest BCUT2D eigenvalue weighted by Gasteiger charge is 2.25. The molecule has 0 aliphatic carbocycles. The predicted molar refractivity (Wildman–Crippen MR) is 96.6 cm³/mol. The summed E-state index contributed by atoms with van der Waals surface area (Å²) in [7, 11) is 0. The van der Waals surface area contributed by atoms with E-state index >= 15 is 0 Å². The van der Waals surface area contributed by atoms with Crippen LogP contribution in [0.15, 0.2) is 42.6 Å². The smallest absolute Gasteiger partial charge is 0.252 e. The van der Waals surface area contributed by atoms with Gasteiger partial charge in [0.2, 0.25) is 0 Å². The topological polar surface area (TPSA) is 72.1 Å². The Morgan fingerprint density at radius 2 is 1.96 bits per heavy atom. The fourth-order valence-electron chi connectivity index (χ4n) is 3.24. The summed E-state index contributed by atoms with van der Waals surface area (Å²) in [5.74, 6) is 0.749. The Hall–Kier alpha value is -2.47. The number of primary amides is 1. The molecule has 6 heteroatoms. The van der Waals surface area contributed by atoms with Gasteiger partial charge in [0.25, 0.3) is 5.91 Å². The first-order chi connectivity index (χ1) is 11.7. The second-order valence-electron chi connectivity index (χ2n) is 6.02. The van der Waals surface area contributed by atoms with Gasteiger partial charge < -0.3 is 10.6 Å². The Bertz CT molecular complexity index is 850. The lowest BCUT2D eigenvalue weighted by molar-refractivity contribution is 0.100. The van der Waals surface area contributed by atoms with Crippen LogP contribution in [0.1, 0.15) is 34.1 Å². The van der Waals surface area contributed by atoms with Gasteiger partial charge in [0.05, 0.1) is 20.8 Å². The van der Waals surface area contributed by atoms with Crippen molar-refractivity contribution < 1.29 is 4.79 Å². The number of pyridine rings is 1. The first-order valence-corrected chi connectivity index (χ1v) is 8.89. The lowest BCUT2D eigenvalue weighted by Crippen LogP contribution is -2.35. The van der Waals surface area contributed by atoms with Gasteiger partial charge in [-0.3, -0.25) is 4.79 Å². The number of amides is 1. The van der Waals surface area contributed by atoms with Crippen molar-refractivity contribution in [3.8, 4) is 0 Å². The molecule has 2 aromatic heterocycles. The number of carbonyl (C=O) groups excluding carboxylic acids is 1. The number of nitrogens with two attached hydrogens (primary N) is 1. The van der Waals surface area contributed by atoms with E-state index in [2.05, 4.69) is 28.1 Å². The third-order valence-electron chi connectivity index (χ3n) is 4.51. The van der Waals surface area contributed by atoms with Crippen molar-refractivity contribution in [1.29, 1.82) is 0 Å². The largest absolute Gasteiger partial charge is 0.365 e. The van der Waals surface area contributed by atoms with Gasteiger partial charge in [-0.25, -0.2) is 9.97 Å². The fourth-order valence-corrected chi connectivity index (χ4v) is 4.38. The molecule has 0 unspecified atom stereocenters. The number of fused-ring (bicyclic) bond motifs is 1. The monoisotopic (exact) mass is 338 g/mol. The van der Waals surface area contributed by atoms with Crippen molar-refractivity contribution in [3.05, 3.63) is 53.2 Å². The van der Waals surface area contributed by atoms with Gasteiger partial charge in [-0.1, -0.05) is 12.1 Å². The SMILES string of the molecule is NC(=O)c1cccnc1N1CCC(c2nc3ccccc3s2)CC1. The number of rotatable bonds is 3. The Labute approximate surface area is 144 Å². The molecule has 1 amide bonds. The average Bonchev–Trinajstić information content (AvgIpc) is 3.06. The molecule has 1 aliphatic heterocycles. The maximum Gasteiger partial charge on any atom is 0.252 e. The summed E-state index contributed by atoms with van der Waals surface area (Å²) in [6, 6.07) is 11.8. The van der Waals surface area contributed by atoms with Crippen LogP contribution in [0, 0.1) is 0 Å². The molecule has 1 saturated heterocycles. The summed E-state index contributed by atoms with van der Waals surface area (Å²) in [4.78, 5) is 22.9. The molecular formula is C18H18N4OS. The molecule has 0 saturated carbocycles. The molecule has 0 spiro atoms. The molecule has 122 valence electrons.